The fourth-order valence-electron chi connectivity index (χ4n) is 2.80. The van der Waals surface area contributed by atoms with Gasteiger partial charge in [0.15, 0.2) is 0 Å². The Bertz CT molecular complexity index is 794. The molecule has 0 fully saturated rings. The van der Waals surface area contributed by atoms with Crippen molar-refractivity contribution in [3.63, 3.8) is 0 Å². The van der Waals surface area contributed by atoms with E-state index in [2.05, 4.69) is 52.4 Å². The smallest absolute Gasteiger partial charge is 0.242 e. The third kappa shape index (κ3) is 7.86. The van der Waals surface area contributed by atoms with Crippen LogP contribution >= 0.6 is 27.7 Å². The van der Waals surface area contributed by atoms with Crippen molar-refractivity contribution in [3.05, 3.63) is 64.1 Å². The number of hydrogen-bond acceptors (Lipinski definition) is 3. The Hall–Kier alpha value is -1.79. The van der Waals surface area contributed by atoms with Gasteiger partial charge in [0, 0.05) is 34.6 Å². The van der Waals surface area contributed by atoms with Crippen molar-refractivity contribution >= 4 is 39.5 Å². The standard InChI is InChI=1S/C23H29BrN2O2S/c1-4-14-25-23(28)18(3)26(16-19-7-9-20(24)10-8-19)22(27)13-15-29-21-11-5-17(2)6-12-21/h5-12,18H,4,13-16H2,1-3H3,(H,25,28)/t18-/m1/s1. The van der Waals surface area contributed by atoms with Crippen LogP contribution in [0.1, 0.15) is 37.8 Å². The van der Waals surface area contributed by atoms with Crippen LogP contribution in [-0.4, -0.2) is 35.1 Å². The zero-order chi connectivity index (χ0) is 21.2. The number of nitrogens with one attached hydrogen (secondary N) is 1. The van der Waals surface area contributed by atoms with Crippen LogP contribution in [0.2, 0.25) is 0 Å². The van der Waals surface area contributed by atoms with Crippen molar-refractivity contribution in [3.8, 4) is 0 Å². The van der Waals surface area contributed by atoms with E-state index in [-0.39, 0.29) is 11.8 Å². The molecule has 6 heteroatoms. The van der Waals surface area contributed by atoms with E-state index in [0.717, 1.165) is 21.4 Å². The van der Waals surface area contributed by atoms with E-state index in [9.17, 15) is 9.59 Å². The molecule has 4 nitrogen and oxygen atoms in total. The average Bonchev–Trinajstić information content (AvgIpc) is 2.72. The number of thioether (sulfide) groups is 1. The molecule has 29 heavy (non-hydrogen) atoms. The predicted octanol–water partition coefficient (Wildman–Crippen LogP) is 5.18. The molecule has 0 unspecified atom stereocenters. The summed E-state index contributed by atoms with van der Waals surface area (Å²) in [5.74, 6) is 0.567. The van der Waals surface area contributed by atoms with Crippen LogP contribution in [-0.2, 0) is 16.1 Å². The van der Waals surface area contributed by atoms with E-state index in [4.69, 9.17) is 0 Å². The quantitative estimate of drug-likeness (QED) is 0.480. The van der Waals surface area contributed by atoms with Gasteiger partial charge >= 0.3 is 0 Å². The first kappa shape index (κ1) is 23.5. The maximum absolute atomic E-state index is 13.0. The minimum atomic E-state index is -0.512. The molecule has 0 aliphatic heterocycles. The van der Waals surface area contributed by atoms with Crippen molar-refractivity contribution in [2.75, 3.05) is 12.3 Å². The minimum absolute atomic E-state index is 0.00770. The van der Waals surface area contributed by atoms with E-state index >= 15 is 0 Å². The molecule has 0 aromatic heterocycles. The van der Waals surface area contributed by atoms with Crippen molar-refractivity contribution < 1.29 is 9.59 Å². The number of rotatable bonds is 10. The largest absolute Gasteiger partial charge is 0.354 e. The van der Waals surface area contributed by atoms with E-state index < -0.39 is 6.04 Å². The summed E-state index contributed by atoms with van der Waals surface area (Å²) < 4.78 is 0.988. The number of carbonyl (C=O) groups excluding carboxylic acids is 2. The number of benzene rings is 2. The van der Waals surface area contributed by atoms with Gasteiger partial charge in [0.1, 0.15) is 6.04 Å². The molecule has 2 amide bonds. The highest BCUT2D eigenvalue weighted by Gasteiger charge is 2.25. The van der Waals surface area contributed by atoms with Crippen molar-refractivity contribution in [2.24, 2.45) is 0 Å². The average molecular weight is 477 g/mol. The molecule has 1 N–H and O–H groups in total. The monoisotopic (exact) mass is 476 g/mol. The second kappa shape index (κ2) is 12.0. The third-order valence-electron chi connectivity index (χ3n) is 4.59. The molecule has 1 atom stereocenters. The van der Waals surface area contributed by atoms with Crippen LogP contribution in [0.3, 0.4) is 0 Å². The lowest BCUT2D eigenvalue weighted by Gasteiger charge is -2.29. The second-order valence-corrected chi connectivity index (χ2v) is 9.11. The van der Waals surface area contributed by atoms with Crippen LogP contribution in [0.4, 0.5) is 0 Å². The molecule has 0 saturated carbocycles. The molecular weight excluding hydrogens is 448 g/mol. The van der Waals surface area contributed by atoms with Gasteiger partial charge in [-0.1, -0.05) is 52.7 Å². The number of amides is 2. The van der Waals surface area contributed by atoms with Crippen molar-refractivity contribution in [1.82, 2.24) is 10.2 Å². The van der Waals surface area contributed by atoms with Gasteiger partial charge in [0.25, 0.3) is 0 Å². The van der Waals surface area contributed by atoms with E-state index in [1.54, 1.807) is 23.6 Å². The van der Waals surface area contributed by atoms with Crippen LogP contribution in [0, 0.1) is 6.92 Å². The van der Waals surface area contributed by atoms with Gasteiger partial charge in [-0.05, 0) is 50.1 Å². The number of halogens is 1. The molecule has 0 aliphatic rings. The summed E-state index contributed by atoms with van der Waals surface area (Å²) in [6.45, 7) is 6.91. The highest BCUT2D eigenvalue weighted by Crippen LogP contribution is 2.21. The molecule has 2 aromatic carbocycles. The maximum Gasteiger partial charge on any atom is 0.242 e. The molecule has 0 saturated heterocycles. The first-order valence-corrected chi connectivity index (χ1v) is 11.7. The van der Waals surface area contributed by atoms with Crippen LogP contribution in [0.15, 0.2) is 57.9 Å². The summed E-state index contributed by atoms with van der Waals surface area (Å²) in [5, 5.41) is 2.90. The fraction of sp³-hybridized carbons (Fsp3) is 0.391. The Morgan fingerprint density at radius 1 is 1.10 bits per heavy atom. The Kier molecular flexibility index (Phi) is 9.74. The Labute approximate surface area is 186 Å². The van der Waals surface area contributed by atoms with Gasteiger partial charge in [-0.2, -0.15) is 0 Å². The molecule has 0 aliphatic carbocycles. The van der Waals surface area contributed by atoms with Crippen molar-refractivity contribution in [2.45, 2.75) is 51.1 Å². The number of aryl methyl sites for hydroxylation is 1. The van der Waals surface area contributed by atoms with Gasteiger partial charge in [-0.25, -0.2) is 0 Å². The molecule has 0 bridgehead atoms. The number of hydrogen-bond donors (Lipinski definition) is 1. The fourth-order valence-corrected chi connectivity index (χ4v) is 3.90. The predicted molar refractivity (Wildman–Crippen MR) is 124 cm³/mol. The van der Waals surface area contributed by atoms with Gasteiger partial charge in [-0.3, -0.25) is 9.59 Å². The summed E-state index contributed by atoms with van der Waals surface area (Å²) in [4.78, 5) is 28.3. The van der Waals surface area contributed by atoms with Gasteiger partial charge in [0.2, 0.25) is 11.8 Å². The summed E-state index contributed by atoms with van der Waals surface area (Å²) in [6, 6.07) is 15.6. The van der Waals surface area contributed by atoms with Gasteiger partial charge < -0.3 is 10.2 Å². The van der Waals surface area contributed by atoms with Crippen molar-refractivity contribution in [1.29, 1.82) is 0 Å². The molecule has 2 rings (SSSR count). The van der Waals surface area contributed by atoms with E-state index in [1.165, 1.54) is 5.56 Å². The lowest BCUT2D eigenvalue weighted by Crippen LogP contribution is -2.47. The SMILES string of the molecule is CCCNC(=O)[C@@H](C)N(Cc1ccc(Br)cc1)C(=O)CCSc1ccc(C)cc1. The normalized spacial score (nSPS) is 11.7. The lowest BCUT2D eigenvalue weighted by molar-refractivity contribution is -0.140. The molecule has 156 valence electrons. The minimum Gasteiger partial charge on any atom is -0.354 e. The number of nitrogens with zero attached hydrogens (tertiary/aromatic N) is 1. The zero-order valence-corrected chi connectivity index (χ0v) is 19.7. The summed E-state index contributed by atoms with van der Waals surface area (Å²) in [5.41, 5.74) is 2.22. The lowest BCUT2D eigenvalue weighted by atomic mass is 10.1. The third-order valence-corrected chi connectivity index (χ3v) is 6.13. The van der Waals surface area contributed by atoms with Crippen LogP contribution in [0.5, 0.6) is 0 Å². The highest BCUT2D eigenvalue weighted by atomic mass is 79.9. The topological polar surface area (TPSA) is 49.4 Å². The summed E-state index contributed by atoms with van der Waals surface area (Å²) >= 11 is 5.10. The van der Waals surface area contributed by atoms with E-state index in [0.29, 0.717) is 25.3 Å². The summed E-state index contributed by atoms with van der Waals surface area (Å²) in [7, 11) is 0. The highest BCUT2D eigenvalue weighted by molar-refractivity contribution is 9.10. The number of carbonyl (C=O) groups is 2. The molecular formula is C23H29BrN2O2S. The van der Waals surface area contributed by atoms with Gasteiger partial charge in [0.05, 0.1) is 0 Å². The van der Waals surface area contributed by atoms with Crippen LogP contribution in [0.25, 0.3) is 0 Å². The summed E-state index contributed by atoms with van der Waals surface area (Å²) in [6.07, 6.45) is 1.26. The first-order chi connectivity index (χ1) is 13.9. The molecule has 0 spiro atoms. The Balaban J connectivity index is 2.03. The van der Waals surface area contributed by atoms with Crippen LogP contribution < -0.4 is 5.32 Å². The maximum atomic E-state index is 13.0. The second-order valence-electron chi connectivity index (χ2n) is 7.03. The zero-order valence-electron chi connectivity index (χ0n) is 17.3. The van der Waals surface area contributed by atoms with Gasteiger partial charge in [-0.15, -0.1) is 11.8 Å². The Morgan fingerprint density at radius 3 is 2.38 bits per heavy atom. The Morgan fingerprint density at radius 2 is 1.76 bits per heavy atom. The molecule has 2 aromatic rings. The molecule has 0 radical (unpaired) electrons. The molecule has 0 heterocycles. The van der Waals surface area contributed by atoms with E-state index in [1.807, 2.05) is 31.2 Å². The first-order valence-electron chi connectivity index (χ1n) is 9.91.